The van der Waals surface area contributed by atoms with Crippen molar-refractivity contribution in [1.29, 1.82) is 0 Å². The van der Waals surface area contributed by atoms with Crippen LogP contribution in [0.25, 0.3) is 11.3 Å². The van der Waals surface area contributed by atoms with E-state index in [0.717, 1.165) is 43.7 Å². The number of rotatable bonds is 8. The maximum Gasteiger partial charge on any atom is 0.416 e. The van der Waals surface area contributed by atoms with Crippen molar-refractivity contribution < 1.29 is 30.8 Å². The first-order valence-corrected chi connectivity index (χ1v) is 15.0. The number of nitrogens with zero attached hydrogens (tertiary/aromatic N) is 4. The molecule has 3 aromatic rings. The normalized spacial score (nSPS) is 20.1. The Morgan fingerprint density at radius 1 is 0.976 bits per heavy atom. The number of halogens is 4. The van der Waals surface area contributed by atoms with Gasteiger partial charge < -0.3 is 4.90 Å². The van der Waals surface area contributed by atoms with Crippen LogP contribution in [0, 0.1) is 5.82 Å². The third-order valence-electron chi connectivity index (χ3n) is 7.71. The maximum atomic E-state index is 13.3. The van der Waals surface area contributed by atoms with Crippen LogP contribution in [0.3, 0.4) is 0 Å². The molecule has 3 heterocycles. The van der Waals surface area contributed by atoms with Crippen LogP contribution in [-0.2, 0) is 27.4 Å². The van der Waals surface area contributed by atoms with Crippen LogP contribution in [0.15, 0.2) is 59.5 Å². The van der Waals surface area contributed by atoms with Gasteiger partial charge in [0.1, 0.15) is 5.82 Å². The lowest BCUT2D eigenvalue weighted by Crippen LogP contribution is -2.40. The van der Waals surface area contributed by atoms with Crippen molar-refractivity contribution in [2.45, 2.75) is 68.6 Å². The topological polar surface area (TPSA) is 83.5 Å². The molecule has 7 nitrogen and oxygen atoms in total. The minimum atomic E-state index is -4.45. The van der Waals surface area contributed by atoms with Gasteiger partial charge in [0.2, 0.25) is 16.0 Å². The highest BCUT2D eigenvalue weighted by Crippen LogP contribution is 2.32. The lowest BCUT2D eigenvalue weighted by Gasteiger charge is -2.24. The second-order valence-corrected chi connectivity index (χ2v) is 12.4. The SMILES string of the molecule is C[C@@H]1CCCN1c1nc(CCC(=O)[C@@H]2CCCN2S(=O)(=O)c2ccc(F)cc2)cc(-c2ccc(C(F)(F)F)cc2)n1. The van der Waals surface area contributed by atoms with Crippen LogP contribution in [0.2, 0.25) is 0 Å². The van der Waals surface area contributed by atoms with Gasteiger partial charge in [-0.1, -0.05) is 12.1 Å². The fourth-order valence-corrected chi connectivity index (χ4v) is 7.14. The number of anilines is 1. The van der Waals surface area contributed by atoms with E-state index in [1.807, 2.05) is 4.90 Å². The molecule has 218 valence electrons. The molecule has 41 heavy (non-hydrogen) atoms. The van der Waals surface area contributed by atoms with Gasteiger partial charge in [-0.2, -0.15) is 17.5 Å². The summed E-state index contributed by atoms with van der Waals surface area (Å²) in [6, 6.07) is 10.3. The van der Waals surface area contributed by atoms with Crippen molar-refractivity contribution in [1.82, 2.24) is 14.3 Å². The van der Waals surface area contributed by atoms with Gasteiger partial charge in [-0.25, -0.2) is 22.8 Å². The summed E-state index contributed by atoms with van der Waals surface area (Å²) in [6.45, 7) is 2.99. The maximum absolute atomic E-state index is 13.3. The van der Waals surface area contributed by atoms with E-state index in [1.54, 1.807) is 6.07 Å². The molecule has 0 amide bonds. The van der Waals surface area contributed by atoms with Crippen molar-refractivity contribution in [2.24, 2.45) is 0 Å². The monoisotopic (exact) mass is 590 g/mol. The second-order valence-electron chi connectivity index (χ2n) is 10.5. The fourth-order valence-electron chi connectivity index (χ4n) is 5.46. The molecular formula is C29H30F4N4O3S. The zero-order valence-electron chi connectivity index (χ0n) is 22.4. The molecule has 1 aromatic heterocycles. The highest BCUT2D eigenvalue weighted by molar-refractivity contribution is 7.89. The number of Topliss-reactive ketones (excluding diaryl/α,β-unsaturated/α-hetero) is 1. The summed E-state index contributed by atoms with van der Waals surface area (Å²) >= 11 is 0. The molecule has 0 unspecified atom stereocenters. The molecule has 0 saturated carbocycles. The molecule has 2 fully saturated rings. The molecule has 0 spiro atoms. The first kappa shape index (κ1) is 29.1. The molecule has 2 saturated heterocycles. The van der Waals surface area contributed by atoms with Gasteiger partial charge in [0.25, 0.3) is 0 Å². The quantitative estimate of drug-likeness (QED) is 0.316. The van der Waals surface area contributed by atoms with Gasteiger partial charge in [0.05, 0.1) is 22.2 Å². The second kappa shape index (κ2) is 11.5. The Balaban J connectivity index is 1.37. The predicted molar refractivity (Wildman–Crippen MR) is 145 cm³/mol. The van der Waals surface area contributed by atoms with E-state index in [9.17, 15) is 30.8 Å². The first-order chi connectivity index (χ1) is 19.4. The number of ketones is 1. The Morgan fingerprint density at radius 3 is 2.29 bits per heavy atom. The molecular weight excluding hydrogens is 560 g/mol. The zero-order chi connectivity index (χ0) is 29.4. The Morgan fingerprint density at radius 2 is 1.66 bits per heavy atom. The van der Waals surface area contributed by atoms with Crippen LogP contribution >= 0.6 is 0 Å². The minimum absolute atomic E-state index is 0.0264. The predicted octanol–water partition coefficient (Wildman–Crippen LogP) is 5.65. The Kier molecular flexibility index (Phi) is 8.15. The number of hydrogen-bond acceptors (Lipinski definition) is 6. The average Bonchev–Trinajstić information content (AvgIpc) is 3.61. The van der Waals surface area contributed by atoms with Crippen LogP contribution < -0.4 is 4.90 Å². The number of sulfonamides is 1. The van der Waals surface area contributed by atoms with Gasteiger partial charge >= 0.3 is 6.18 Å². The van der Waals surface area contributed by atoms with E-state index in [0.29, 0.717) is 35.7 Å². The number of aromatic nitrogens is 2. The summed E-state index contributed by atoms with van der Waals surface area (Å²) < 4.78 is 80.2. The van der Waals surface area contributed by atoms with Gasteiger partial charge in [-0.3, -0.25) is 4.79 Å². The third kappa shape index (κ3) is 6.28. The first-order valence-electron chi connectivity index (χ1n) is 13.6. The lowest BCUT2D eigenvalue weighted by molar-refractivity contribution is -0.137. The highest BCUT2D eigenvalue weighted by atomic mass is 32.2. The smallest absolute Gasteiger partial charge is 0.338 e. The molecule has 2 aliphatic heterocycles. The third-order valence-corrected chi connectivity index (χ3v) is 9.63. The molecule has 2 aliphatic rings. The fraction of sp³-hybridized carbons (Fsp3) is 0.414. The van der Waals surface area contributed by atoms with Gasteiger partial charge in [0.15, 0.2) is 5.78 Å². The summed E-state index contributed by atoms with van der Waals surface area (Å²) in [7, 11) is -3.98. The Hall–Kier alpha value is -3.38. The number of alkyl halides is 3. The van der Waals surface area contributed by atoms with Crippen molar-refractivity contribution in [3.63, 3.8) is 0 Å². The van der Waals surface area contributed by atoms with Crippen molar-refractivity contribution in [3.8, 4) is 11.3 Å². The summed E-state index contributed by atoms with van der Waals surface area (Å²) in [5.74, 6) is -0.351. The van der Waals surface area contributed by atoms with Crippen molar-refractivity contribution in [2.75, 3.05) is 18.0 Å². The Labute approximate surface area is 236 Å². The lowest BCUT2D eigenvalue weighted by atomic mass is 10.0. The van der Waals surface area contributed by atoms with E-state index in [1.165, 1.54) is 28.6 Å². The van der Waals surface area contributed by atoms with Crippen LogP contribution in [0.5, 0.6) is 0 Å². The molecule has 0 N–H and O–H groups in total. The number of aryl methyl sites for hydroxylation is 1. The summed E-state index contributed by atoms with van der Waals surface area (Å²) in [5.41, 5.74) is 0.731. The van der Waals surface area contributed by atoms with E-state index >= 15 is 0 Å². The largest absolute Gasteiger partial charge is 0.416 e. The standard InChI is InChI=1S/C29H30F4N4O3S/c1-19-4-2-16-36(19)28-34-23(18-25(35-28)20-6-8-21(9-7-20)29(31,32)33)12-15-27(38)26-5-3-17-37(26)41(39,40)24-13-10-22(30)11-14-24/h6-11,13-14,18-19,26H,2-5,12,15-17H2,1H3/t19-,26+/m1/s1. The minimum Gasteiger partial charge on any atom is -0.338 e. The molecule has 12 heteroatoms. The van der Waals surface area contributed by atoms with E-state index in [4.69, 9.17) is 0 Å². The molecule has 5 rings (SSSR count). The van der Waals surface area contributed by atoms with E-state index in [2.05, 4.69) is 16.9 Å². The number of hydrogen-bond donors (Lipinski definition) is 0. The molecule has 0 radical (unpaired) electrons. The highest BCUT2D eigenvalue weighted by Gasteiger charge is 2.39. The van der Waals surface area contributed by atoms with Gasteiger partial charge in [-0.15, -0.1) is 0 Å². The summed E-state index contributed by atoms with van der Waals surface area (Å²) in [6.07, 6.45) is -1.38. The van der Waals surface area contributed by atoms with Crippen LogP contribution in [0.4, 0.5) is 23.5 Å². The van der Waals surface area contributed by atoms with E-state index in [-0.39, 0.29) is 36.1 Å². The van der Waals surface area contributed by atoms with E-state index < -0.39 is 33.6 Å². The van der Waals surface area contributed by atoms with Gasteiger partial charge in [-0.05, 0) is 81.5 Å². The molecule has 0 aliphatic carbocycles. The van der Waals surface area contributed by atoms with Crippen LogP contribution in [-0.4, -0.2) is 53.6 Å². The van der Waals surface area contributed by atoms with Crippen molar-refractivity contribution in [3.05, 3.63) is 71.7 Å². The number of benzene rings is 2. The van der Waals surface area contributed by atoms with Crippen molar-refractivity contribution >= 4 is 21.8 Å². The zero-order valence-corrected chi connectivity index (χ0v) is 23.3. The molecule has 2 atom stereocenters. The number of carbonyl (C=O) groups excluding carboxylic acids is 1. The molecule has 2 aromatic carbocycles. The average molecular weight is 591 g/mol. The number of carbonyl (C=O) groups is 1. The van der Waals surface area contributed by atoms with Gasteiger partial charge in [0, 0.05) is 36.8 Å². The van der Waals surface area contributed by atoms with Crippen LogP contribution in [0.1, 0.15) is 50.3 Å². The summed E-state index contributed by atoms with van der Waals surface area (Å²) in [5, 5.41) is 0. The Bertz CT molecular complexity index is 1510. The summed E-state index contributed by atoms with van der Waals surface area (Å²) in [4.78, 5) is 24.6. The molecule has 0 bridgehead atoms.